The predicted molar refractivity (Wildman–Crippen MR) is 134 cm³/mol. The van der Waals surface area contributed by atoms with Gasteiger partial charge in [0.05, 0.1) is 17.8 Å². The Labute approximate surface area is 201 Å². The van der Waals surface area contributed by atoms with E-state index in [1.165, 1.54) is 5.56 Å². The lowest BCUT2D eigenvalue weighted by Gasteiger charge is -2.05. The second-order valence-corrected chi connectivity index (χ2v) is 8.14. The average Bonchev–Trinajstić information content (AvgIpc) is 3.56. The van der Waals surface area contributed by atoms with Gasteiger partial charge in [-0.25, -0.2) is 4.79 Å². The topological polar surface area (TPSA) is 99.0 Å². The highest BCUT2D eigenvalue weighted by molar-refractivity contribution is 5.97. The van der Waals surface area contributed by atoms with Crippen LogP contribution in [0.25, 0.3) is 34.5 Å². The first-order chi connectivity index (χ1) is 17.0. The Morgan fingerprint density at radius 1 is 1.11 bits per heavy atom. The van der Waals surface area contributed by atoms with E-state index in [0.717, 1.165) is 22.2 Å². The maximum atomic E-state index is 12.0. The molecule has 1 aromatic carbocycles. The van der Waals surface area contributed by atoms with Gasteiger partial charge in [0.1, 0.15) is 5.69 Å². The number of aromatic nitrogens is 5. The molecule has 0 atom stereocenters. The van der Waals surface area contributed by atoms with Gasteiger partial charge in [-0.3, -0.25) is 4.98 Å². The zero-order valence-corrected chi connectivity index (χ0v) is 19.3. The fourth-order valence-corrected chi connectivity index (χ4v) is 4.05. The molecule has 0 saturated carbocycles. The van der Waals surface area contributed by atoms with Crippen molar-refractivity contribution < 1.29 is 14.4 Å². The van der Waals surface area contributed by atoms with Gasteiger partial charge in [-0.1, -0.05) is 35.5 Å². The largest absolute Gasteiger partial charge is 0.477 e. The summed E-state index contributed by atoms with van der Waals surface area (Å²) in [6.07, 6.45) is 11.4. The molecule has 0 aliphatic heterocycles. The highest BCUT2D eigenvalue weighted by Crippen LogP contribution is 2.25. The van der Waals surface area contributed by atoms with Crippen LogP contribution in [0.1, 0.15) is 33.3 Å². The minimum absolute atomic E-state index is 0.128. The van der Waals surface area contributed by atoms with Gasteiger partial charge in [0.25, 0.3) is 5.89 Å². The number of fused-ring (bicyclic) bond motifs is 1. The molecule has 35 heavy (non-hydrogen) atoms. The number of aromatic carboxylic acids is 1. The van der Waals surface area contributed by atoms with Crippen LogP contribution < -0.4 is 0 Å². The van der Waals surface area contributed by atoms with Crippen molar-refractivity contribution in [2.45, 2.75) is 13.5 Å². The zero-order valence-electron chi connectivity index (χ0n) is 19.3. The van der Waals surface area contributed by atoms with Gasteiger partial charge >= 0.3 is 5.97 Å². The van der Waals surface area contributed by atoms with Crippen LogP contribution in [0.3, 0.4) is 0 Å². The Balaban J connectivity index is 1.46. The molecular formula is C27H23N5O3. The van der Waals surface area contributed by atoms with Crippen molar-refractivity contribution in [1.82, 2.24) is 24.3 Å². The van der Waals surface area contributed by atoms with E-state index >= 15 is 0 Å². The van der Waals surface area contributed by atoms with E-state index in [4.69, 9.17) is 4.52 Å². The fourth-order valence-electron chi connectivity index (χ4n) is 4.05. The molecule has 0 amide bonds. The third-order valence-electron chi connectivity index (χ3n) is 5.82. The average molecular weight is 466 g/mol. The molecule has 8 nitrogen and oxygen atoms in total. The van der Waals surface area contributed by atoms with Crippen molar-refractivity contribution in [1.29, 1.82) is 0 Å². The fraction of sp³-hybridized carbons (Fsp3) is 0.111. The van der Waals surface area contributed by atoms with Crippen LogP contribution in [0.15, 0.2) is 77.6 Å². The minimum atomic E-state index is -1.04. The van der Waals surface area contributed by atoms with Crippen LogP contribution in [0.5, 0.6) is 0 Å². The van der Waals surface area contributed by atoms with E-state index in [-0.39, 0.29) is 12.2 Å². The summed E-state index contributed by atoms with van der Waals surface area (Å²) in [6, 6.07) is 14.9. The van der Waals surface area contributed by atoms with E-state index in [2.05, 4.69) is 32.7 Å². The molecule has 0 fully saturated rings. The number of allylic oxidation sites excluding steroid dienone is 2. The third kappa shape index (κ3) is 4.41. The molecule has 0 aliphatic carbocycles. The SMILES string of the molecule is Cc1ccn(C)c1/C=C\C=C\c1nccc2c1cc(C(=O)O)n2Cc1noc(-c2ccccc2)n1. The van der Waals surface area contributed by atoms with Gasteiger partial charge in [-0.2, -0.15) is 4.98 Å². The van der Waals surface area contributed by atoms with Gasteiger partial charge < -0.3 is 18.8 Å². The predicted octanol–water partition coefficient (Wildman–Crippen LogP) is 5.21. The van der Waals surface area contributed by atoms with Crippen LogP contribution >= 0.6 is 0 Å². The van der Waals surface area contributed by atoms with Gasteiger partial charge in [-0.15, -0.1) is 0 Å². The Kier molecular flexibility index (Phi) is 5.85. The Bertz CT molecular complexity index is 1550. The smallest absolute Gasteiger partial charge is 0.352 e. The maximum absolute atomic E-state index is 12.0. The van der Waals surface area contributed by atoms with Crippen LogP contribution in [0, 0.1) is 6.92 Å². The van der Waals surface area contributed by atoms with E-state index in [1.54, 1.807) is 22.9 Å². The van der Waals surface area contributed by atoms with Gasteiger partial charge in [-0.05, 0) is 55.0 Å². The molecular weight excluding hydrogens is 442 g/mol. The van der Waals surface area contributed by atoms with Gasteiger partial charge in [0.2, 0.25) is 0 Å². The van der Waals surface area contributed by atoms with E-state index in [1.807, 2.05) is 67.9 Å². The lowest BCUT2D eigenvalue weighted by molar-refractivity contribution is 0.0686. The van der Waals surface area contributed by atoms with Crippen molar-refractivity contribution in [2.75, 3.05) is 0 Å². The molecule has 8 heteroatoms. The van der Waals surface area contributed by atoms with Crippen molar-refractivity contribution in [3.05, 3.63) is 102 Å². The van der Waals surface area contributed by atoms with Crippen LogP contribution in [-0.4, -0.2) is 35.3 Å². The number of nitrogens with zero attached hydrogens (tertiary/aromatic N) is 5. The lowest BCUT2D eigenvalue weighted by atomic mass is 10.2. The summed E-state index contributed by atoms with van der Waals surface area (Å²) in [5.41, 5.74) is 4.65. The molecule has 4 heterocycles. The first-order valence-electron chi connectivity index (χ1n) is 11.1. The van der Waals surface area contributed by atoms with Gasteiger partial charge in [0.15, 0.2) is 5.82 Å². The molecule has 1 N–H and O–H groups in total. The second kappa shape index (κ2) is 9.26. The lowest BCUT2D eigenvalue weighted by Crippen LogP contribution is -2.10. The number of benzene rings is 1. The summed E-state index contributed by atoms with van der Waals surface area (Å²) in [6.45, 7) is 2.22. The molecule has 0 radical (unpaired) electrons. The first-order valence-corrected chi connectivity index (χ1v) is 11.1. The van der Waals surface area contributed by atoms with Gasteiger partial charge in [0, 0.05) is 36.1 Å². The zero-order chi connectivity index (χ0) is 24.4. The Hall–Kier alpha value is -4.72. The molecule has 0 saturated heterocycles. The van der Waals surface area contributed by atoms with E-state index in [9.17, 15) is 9.90 Å². The summed E-state index contributed by atoms with van der Waals surface area (Å²) in [5, 5.41) is 14.6. The molecule has 174 valence electrons. The van der Waals surface area contributed by atoms with E-state index in [0.29, 0.717) is 17.4 Å². The minimum Gasteiger partial charge on any atom is -0.477 e. The molecule has 0 unspecified atom stereocenters. The molecule has 0 bridgehead atoms. The number of pyridine rings is 1. The number of aryl methyl sites for hydroxylation is 2. The summed E-state index contributed by atoms with van der Waals surface area (Å²) < 4.78 is 9.11. The summed E-state index contributed by atoms with van der Waals surface area (Å²) in [4.78, 5) is 20.9. The summed E-state index contributed by atoms with van der Waals surface area (Å²) in [7, 11) is 2.00. The van der Waals surface area contributed by atoms with Crippen LogP contribution in [0.4, 0.5) is 0 Å². The second-order valence-electron chi connectivity index (χ2n) is 8.14. The van der Waals surface area contributed by atoms with Crippen LogP contribution in [0.2, 0.25) is 0 Å². The summed E-state index contributed by atoms with van der Waals surface area (Å²) >= 11 is 0. The molecule has 5 rings (SSSR count). The maximum Gasteiger partial charge on any atom is 0.352 e. The number of rotatable bonds is 7. The van der Waals surface area contributed by atoms with Crippen LogP contribution in [-0.2, 0) is 13.6 Å². The van der Waals surface area contributed by atoms with Crippen molar-refractivity contribution in [3.63, 3.8) is 0 Å². The number of carboxylic acids is 1. The Morgan fingerprint density at radius 2 is 1.91 bits per heavy atom. The normalized spacial score (nSPS) is 11.8. The standard InChI is InChI=1S/C27H23N5O3/c1-18-13-15-31(2)22(18)11-7-6-10-21-20-16-24(27(33)34)32(23(20)12-14-28-21)17-25-29-26(35-30-25)19-8-4-3-5-9-19/h3-16H,17H2,1-2H3,(H,33,34)/b10-6+,11-7-. The number of hydrogen-bond acceptors (Lipinski definition) is 5. The molecule has 5 aromatic rings. The number of carbonyl (C=O) groups is 1. The number of carboxylic acid groups (broad SMARTS) is 1. The summed E-state index contributed by atoms with van der Waals surface area (Å²) in [5.74, 6) is -0.264. The third-order valence-corrected chi connectivity index (χ3v) is 5.82. The van der Waals surface area contributed by atoms with Crippen molar-refractivity contribution in [3.8, 4) is 11.5 Å². The molecule has 0 aliphatic rings. The first kappa shape index (κ1) is 22.1. The quantitative estimate of drug-likeness (QED) is 0.332. The highest BCUT2D eigenvalue weighted by Gasteiger charge is 2.19. The Morgan fingerprint density at radius 3 is 2.66 bits per heavy atom. The van der Waals surface area contributed by atoms with Crippen molar-refractivity contribution >= 4 is 29.0 Å². The number of hydrogen-bond donors (Lipinski definition) is 1. The van der Waals surface area contributed by atoms with E-state index < -0.39 is 5.97 Å². The highest BCUT2D eigenvalue weighted by atomic mass is 16.5. The molecule has 4 aromatic heterocycles. The van der Waals surface area contributed by atoms with Crippen molar-refractivity contribution in [2.24, 2.45) is 7.05 Å². The monoisotopic (exact) mass is 465 g/mol. The molecule has 0 spiro atoms.